The van der Waals surface area contributed by atoms with Crippen LogP contribution in [0.1, 0.15) is 28.4 Å². The van der Waals surface area contributed by atoms with Crippen molar-refractivity contribution in [2.75, 3.05) is 6.61 Å². The highest BCUT2D eigenvalue weighted by atomic mass is 32.2. The summed E-state index contributed by atoms with van der Waals surface area (Å²) in [6.45, 7) is 4.07. The van der Waals surface area contributed by atoms with Crippen molar-refractivity contribution < 1.29 is 22.1 Å². The second-order valence-electron chi connectivity index (χ2n) is 6.14. The zero-order valence-corrected chi connectivity index (χ0v) is 16.4. The van der Waals surface area contributed by atoms with E-state index in [0.29, 0.717) is 17.9 Å². The molecule has 0 unspecified atom stereocenters. The van der Waals surface area contributed by atoms with Crippen LogP contribution in [-0.4, -0.2) is 20.8 Å². The van der Waals surface area contributed by atoms with Gasteiger partial charge in [0.05, 0.1) is 12.2 Å². The normalized spacial score (nSPS) is 11.1. The number of ether oxygens (including phenoxy) is 1. The maximum atomic E-state index is 12.9. The van der Waals surface area contributed by atoms with Crippen LogP contribution in [0.15, 0.2) is 77.7 Å². The monoisotopic (exact) mass is 396 g/mol. The van der Waals surface area contributed by atoms with Gasteiger partial charge in [0.2, 0.25) is 0 Å². The minimum Gasteiger partial charge on any atom is -0.494 e. The molecule has 0 fully saturated rings. The molecule has 0 bridgehead atoms. The van der Waals surface area contributed by atoms with Gasteiger partial charge in [-0.2, -0.15) is 8.42 Å². The Morgan fingerprint density at radius 1 is 0.929 bits per heavy atom. The molecule has 3 aromatic rings. The second kappa shape index (κ2) is 8.27. The van der Waals surface area contributed by atoms with Gasteiger partial charge in [-0.05, 0) is 38.1 Å². The molecule has 0 saturated carbocycles. The molecule has 144 valence electrons. The molecule has 28 heavy (non-hydrogen) atoms. The third kappa shape index (κ3) is 4.40. The van der Waals surface area contributed by atoms with E-state index in [1.165, 1.54) is 24.3 Å². The summed E-state index contributed by atoms with van der Waals surface area (Å²) in [5.41, 5.74) is 1.51. The molecule has 0 spiro atoms. The van der Waals surface area contributed by atoms with Gasteiger partial charge in [0, 0.05) is 11.6 Å². The molecular weight excluding hydrogens is 376 g/mol. The summed E-state index contributed by atoms with van der Waals surface area (Å²) < 4.78 is 36.2. The van der Waals surface area contributed by atoms with E-state index < -0.39 is 10.1 Å². The molecule has 0 aliphatic carbocycles. The number of rotatable bonds is 7. The first-order valence-corrected chi connectivity index (χ1v) is 10.2. The van der Waals surface area contributed by atoms with E-state index in [2.05, 4.69) is 0 Å². The highest BCUT2D eigenvalue weighted by Gasteiger charge is 2.22. The third-order valence-electron chi connectivity index (χ3n) is 4.05. The van der Waals surface area contributed by atoms with Gasteiger partial charge in [0.15, 0.2) is 11.5 Å². The van der Waals surface area contributed by atoms with E-state index in [9.17, 15) is 13.2 Å². The Morgan fingerprint density at radius 3 is 2.25 bits per heavy atom. The number of ketones is 1. The number of carbonyl (C=O) groups excluding carboxylic acids is 1. The van der Waals surface area contributed by atoms with Crippen molar-refractivity contribution in [3.8, 4) is 11.5 Å². The van der Waals surface area contributed by atoms with Crippen LogP contribution in [0, 0.1) is 6.92 Å². The predicted molar refractivity (Wildman–Crippen MR) is 106 cm³/mol. The molecule has 0 N–H and O–H groups in total. The summed E-state index contributed by atoms with van der Waals surface area (Å²) in [5, 5.41) is 0. The van der Waals surface area contributed by atoms with Crippen molar-refractivity contribution >= 4 is 15.9 Å². The minimum absolute atomic E-state index is 0.0121. The van der Waals surface area contributed by atoms with Gasteiger partial charge in [0.25, 0.3) is 0 Å². The summed E-state index contributed by atoms with van der Waals surface area (Å²) >= 11 is 0. The molecule has 3 aromatic carbocycles. The Balaban J connectivity index is 2.03. The first-order valence-electron chi connectivity index (χ1n) is 8.78. The van der Waals surface area contributed by atoms with Gasteiger partial charge in [-0.1, -0.05) is 48.0 Å². The number of aryl methyl sites for hydroxylation is 1. The Kier molecular flexibility index (Phi) is 5.80. The minimum atomic E-state index is -4.11. The summed E-state index contributed by atoms with van der Waals surface area (Å²) in [7, 11) is -4.11. The predicted octanol–water partition coefficient (Wildman–Crippen LogP) is 4.39. The zero-order valence-electron chi connectivity index (χ0n) is 15.6. The van der Waals surface area contributed by atoms with Gasteiger partial charge in [-0.3, -0.25) is 4.79 Å². The molecule has 6 heteroatoms. The molecule has 5 nitrogen and oxygen atoms in total. The van der Waals surface area contributed by atoms with Gasteiger partial charge < -0.3 is 8.92 Å². The largest absolute Gasteiger partial charge is 0.494 e. The zero-order chi connectivity index (χ0) is 20.1. The van der Waals surface area contributed by atoms with Crippen molar-refractivity contribution in [1.82, 2.24) is 0 Å². The number of benzene rings is 3. The fourth-order valence-corrected chi connectivity index (χ4v) is 3.57. The summed E-state index contributed by atoms with van der Waals surface area (Å²) in [5.74, 6) is 0.0133. The van der Waals surface area contributed by atoms with Crippen molar-refractivity contribution in [2.24, 2.45) is 0 Å². The first-order chi connectivity index (χ1) is 13.4. The van der Waals surface area contributed by atoms with Gasteiger partial charge in [-0.15, -0.1) is 0 Å². The van der Waals surface area contributed by atoms with Gasteiger partial charge in [0.1, 0.15) is 10.6 Å². The Labute approximate surface area is 164 Å². The molecule has 0 aliphatic rings. The molecule has 0 heterocycles. The highest BCUT2D eigenvalue weighted by Crippen LogP contribution is 2.30. The highest BCUT2D eigenvalue weighted by molar-refractivity contribution is 7.87. The number of carbonyl (C=O) groups is 1. The van der Waals surface area contributed by atoms with Crippen LogP contribution in [0.5, 0.6) is 11.5 Å². The van der Waals surface area contributed by atoms with Crippen LogP contribution >= 0.6 is 0 Å². The summed E-state index contributed by atoms with van der Waals surface area (Å²) in [4.78, 5) is 12.9. The lowest BCUT2D eigenvalue weighted by atomic mass is 10.0. The van der Waals surface area contributed by atoms with E-state index in [1.54, 1.807) is 48.5 Å². The summed E-state index contributed by atoms with van der Waals surface area (Å²) in [6.07, 6.45) is 0. The van der Waals surface area contributed by atoms with Crippen LogP contribution < -0.4 is 8.92 Å². The lowest BCUT2D eigenvalue weighted by Gasteiger charge is -2.13. The van der Waals surface area contributed by atoms with Gasteiger partial charge in [-0.25, -0.2) is 0 Å². The molecule has 0 amide bonds. The second-order valence-corrected chi connectivity index (χ2v) is 7.68. The van der Waals surface area contributed by atoms with Crippen LogP contribution in [0.25, 0.3) is 0 Å². The fourth-order valence-electron chi connectivity index (χ4n) is 2.63. The van der Waals surface area contributed by atoms with E-state index in [-0.39, 0.29) is 22.0 Å². The standard InChI is InChI=1S/C22H20O5S/c1-3-26-18-11-14-20(22(23)17-7-5-4-6-8-17)21(15-18)27-28(24,25)19-12-9-16(2)10-13-19/h4-15H,3H2,1-2H3. The average molecular weight is 396 g/mol. The Hall–Kier alpha value is -3.12. The summed E-state index contributed by atoms with van der Waals surface area (Å²) in [6, 6.07) is 19.5. The van der Waals surface area contributed by atoms with E-state index in [0.717, 1.165) is 5.56 Å². The quantitative estimate of drug-likeness (QED) is 0.437. The van der Waals surface area contributed by atoms with Crippen LogP contribution in [-0.2, 0) is 10.1 Å². The van der Waals surface area contributed by atoms with Crippen LogP contribution in [0.2, 0.25) is 0 Å². The maximum Gasteiger partial charge on any atom is 0.339 e. The average Bonchev–Trinajstić information content (AvgIpc) is 2.69. The van der Waals surface area contributed by atoms with E-state index in [1.807, 2.05) is 13.8 Å². The van der Waals surface area contributed by atoms with E-state index >= 15 is 0 Å². The molecule has 0 aromatic heterocycles. The van der Waals surface area contributed by atoms with E-state index in [4.69, 9.17) is 8.92 Å². The van der Waals surface area contributed by atoms with Gasteiger partial charge >= 0.3 is 10.1 Å². The number of hydrogen-bond donors (Lipinski definition) is 0. The molecule has 0 saturated heterocycles. The Morgan fingerprint density at radius 2 is 1.61 bits per heavy atom. The molecule has 3 rings (SSSR count). The third-order valence-corrected chi connectivity index (χ3v) is 5.30. The molecular formula is C22H20O5S. The lowest BCUT2D eigenvalue weighted by molar-refractivity contribution is 0.103. The van der Waals surface area contributed by atoms with Crippen molar-refractivity contribution in [3.05, 3.63) is 89.5 Å². The maximum absolute atomic E-state index is 12.9. The Bertz CT molecular complexity index is 1070. The van der Waals surface area contributed by atoms with Crippen molar-refractivity contribution in [2.45, 2.75) is 18.7 Å². The van der Waals surface area contributed by atoms with Crippen LogP contribution in [0.3, 0.4) is 0 Å². The molecule has 0 radical (unpaired) electrons. The first kappa shape index (κ1) is 19.6. The van der Waals surface area contributed by atoms with Crippen LogP contribution in [0.4, 0.5) is 0 Å². The van der Waals surface area contributed by atoms with Crippen molar-refractivity contribution in [3.63, 3.8) is 0 Å². The molecule has 0 atom stereocenters. The smallest absolute Gasteiger partial charge is 0.339 e. The fraction of sp³-hybridized carbons (Fsp3) is 0.136. The SMILES string of the molecule is CCOc1ccc(C(=O)c2ccccc2)c(OS(=O)(=O)c2ccc(C)cc2)c1. The molecule has 0 aliphatic heterocycles. The number of hydrogen-bond acceptors (Lipinski definition) is 5. The lowest BCUT2D eigenvalue weighted by Crippen LogP contribution is -2.13. The van der Waals surface area contributed by atoms with Crippen molar-refractivity contribution in [1.29, 1.82) is 0 Å². The topological polar surface area (TPSA) is 69.7 Å².